The molecule has 3 aliphatic rings. The Morgan fingerprint density at radius 1 is 1.06 bits per heavy atom. The predicted molar refractivity (Wildman–Crippen MR) is 69.1 cm³/mol. The molecule has 98 valence electrons. The van der Waals surface area contributed by atoms with Gasteiger partial charge in [-0.05, 0) is 52.0 Å². The second-order valence-electron chi connectivity index (χ2n) is 6.30. The van der Waals surface area contributed by atoms with Gasteiger partial charge in [0.1, 0.15) is 0 Å². The summed E-state index contributed by atoms with van der Waals surface area (Å²) in [5.41, 5.74) is 0. The summed E-state index contributed by atoms with van der Waals surface area (Å²) in [7, 11) is 0. The lowest BCUT2D eigenvalue weighted by Crippen LogP contribution is -2.57. The molecule has 1 saturated heterocycles. The van der Waals surface area contributed by atoms with E-state index in [1.807, 2.05) is 0 Å². The molecule has 17 heavy (non-hydrogen) atoms. The average molecular weight is 238 g/mol. The van der Waals surface area contributed by atoms with Crippen LogP contribution in [0.1, 0.15) is 39.5 Å². The second-order valence-corrected chi connectivity index (χ2v) is 6.30. The van der Waals surface area contributed by atoms with Crippen molar-refractivity contribution in [2.45, 2.75) is 63.8 Å². The standard InChI is InChI=1S/C14H26N2O/c1-10-8-16(9-11(2)17-10)14-6-3-12(14)7-15-13-4-5-13/h10-15H,3-9H2,1-2H3/t10-,11+,12?,14?. The first-order valence-corrected chi connectivity index (χ1v) is 7.35. The van der Waals surface area contributed by atoms with Crippen LogP contribution in [-0.4, -0.2) is 48.8 Å². The Morgan fingerprint density at radius 3 is 2.29 bits per heavy atom. The molecule has 0 amide bonds. The van der Waals surface area contributed by atoms with E-state index in [1.54, 1.807) is 0 Å². The van der Waals surface area contributed by atoms with Gasteiger partial charge in [0.05, 0.1) is 12.2 Å². The molecule has 2 aliphatic carbocycles. The highest BCUT2D eigenvalue weighted by Crippen LogP contribution is 2.34. The number of hydrogen-bond acceptors (Lipinski definition) is 3. The minimum atomic E-state index is 0.413. The largest absolute Gasteiger partial charge is 0.373 e. The molecule has 2 saturated carbocycles. The minimum Gasteiger partial charge on any atom is -0.373 e. The Labute approximate surface area is 105 Å². The fourth-order valence-electron chi connectivity index (χ4n) is 3.36. The molecule has 3 fully saturated rings. The molecule has 0 aromatic rings. The summed E-state index contributed by atoms with van der Waals surface area (Å²) in [4.78, 5) is 2.68. The van der Waals surface area contributed by atoms with E-state index in [0.717, 1.165) is 31.1 Å². The fourth-order valence-corrected chi connectivity index (χ4v) is 3.36. The summed E-state index contributed by atoms with van der Waals surface area (Å²) in [6, 6.07) is 1.69. The fraction of sp³-hybridized carbons (Fsp3) is 1.00. The van der Waals surface area contributed by atoms with Crippen molar-refractivity contribution in [3.63, 3.8) is 0 Å². The average Bonchev–Trinajstić information content (AvgIpc) is 2.98. The first-order valence-electron chi connectivity index (χ1n) is 7.35. The molecule has 2 unspecified atom stereocenters. The summed E-state index contributed by atoms with van der Waals surface area (Å²) in [5.74, 6) is 0.896. The highest BCUT2D eigenvalue weighted by molar-refractivity contribution is 4.94. The van der Waals surface area contributed by atoms with Crippen molar-refractivity contribution in [3.8, 4) is 0 Å². The zero-order valence-corrected chi connectivity index (χ0v) is 11.2. The Morgan fingerprint density at radius 2 is 1.76 bits per heavy atom. The van der Waals surface area contributed by atoms with E-state index in [4.69, 9.17) is 4.74 Å². The highest BCUT2D eigenvalue weighted by Gasteiger charge is 2.38. The number of nitrogens with zero attached hydrogens (tertiary/aromatic N) is 1. The molecule has 1 N–H and O–H groups in total. The number of rotatable bonds is 4. The van der Waals surface area contributed by atoms with Crippen molar-refractivity contribution < 1.29 is 4.74 Å². The third-order valence-electron chi connectivity index (χ3n) is 4.54. The lowest BCUT2D eigenvalue weighted by atomic mass is 9.78. The van der Waals surface area contributed by atoms with Gasteiger partial charge in [0.25, 0.3) is 0 Å². The van der Waals surface area contributed by atoms with Gasteiger partial charge in [-0.25, -0.2) is 0 Å². The molecule has 0 radical (unpaired) electrons. The van der Waals surface area contributed by atoms with Crippen LogP contribution in [0.3, 0.4) is 0 Å². The molecule has 0 aromatic carbocycles. The van der Waals surface area contributed by atoms with Crippen molar-refractivity contribution in [3.05, 3.63) is 0 Å². The summed E-state index contributed by atoms with van der Waals surface area (Å²) in [5, 5.41) is 3.69. The van der Waals surface area contributed by atoms with Gasteiger partial charge in [-0.2, -0.15) is 0 Å². The van der Waals surface area contributed by atoms with Crippen LogP contribution in [0.5, 0.6) is 0 Å². The smallest absolute Gasteiger partial charge is 0.0678 e. The van der Waals surface area contributed by atoms with Crippen molar-refractivity contribution in [2.24, 2.45) is 5.92 Å². The molecule has 0 spiro atoms. The molecule has 3 heteroatoms. The van der Waals surface area contributed by atoms with E-state index in [9.17, 15) is 0 Å². The minimum absolute atomic E-state index is 0.413. The molecular weight excluding hydrogens is 212 g/mol. The van der Waals surface area contributed by atoms with Crippen LogP contribution in [0.25, 0.3) is 0 Å². The third kappa shape index (κ3) is 2.83. The van der Waals surface area contributed by atoms with E-state index < -0.39 is 0 Å². The molecular formula is C14H26N2O. The number of nitrogens with one attached hydrogen (secondary N) is 1. The monoisotopic (exact) mass is 238 g/mol. The Balaban J connectivity index is 1.48. The van der Waals surface area contributed by atoms with Crippen LogP contribution in [0.4, 0.5) is 0 Å². The maximum atomic E-state index is 5.82. The van der Waals surface area contributed by atoms with Gasteiger partial charge in [0.15, 0.2) is 0 Å². The Hall–Kier alpha value is -0.120. The van der Waals surface area contributed by atoms with E-state index >= 15 is 0 Å². The van der Waals surface area contributed by atoms with Gasteiger partial charge in [-0.1, -0.05) is 0 Å². The van der Waals surface area contributed by atoms with Crippen LogP contribution >= 0.6 is 0 Å². The van der Waals surface area contributed by atoms with E-state index in [-0.39, 0.29) is 0 Å². The van der Waals surface area contributed by atoms with Crippen molar-refractivity contribution in [1.29, 1.82) is 0 Å². The second kappa shape index (κ2) is 4.87. The zero-order valence-electron chi connectivity index (χ0n) is 11.2. The normalized spacial score (nSPS) is 43.4. The van der Waals surface area contributed by atoms with Gasteiger partial charge in [0, 0.05) is 25.2 Å². The summed E-state index contributed by atoms with van der Waals surface area (Å²) in [6.07, 6.45) is 6.46. The van der Waals surface area contributed by atoms with Gasteiger partial charge >= 0.3 is 0 Å². The SMILES string of the molecule is C[C@@H]1CN(C2CCC2CNC2CC2)C[C@H](C)O1. The third-order valence-corrected chi connectivity index (χ3v) is 4.54. The van der Waals surface area contributed by atoms with Crippen LogP contribution in [-0.2, 0) is 4.74 Å². The quantitative estimate of drug-likeness (QED) is 0.805. The molecule has 0 aromatic heterocycles. The molecule has 0 bridgehead atoms. The lowest BCUT2D eigenvalue weighted by Gasteiger charge is -2.48. The maximum absolute atomic E-state index is 5.82. The summed E-state index contributed by atoms with van der Waals surface area (Å²) < 4.78 is 5.82. The van der Waals surface area contributed by atoms with Crippen LogP contribution < -0.4 is 5.32 Å². The molecule has 3 rings (SSSR count). The molecule has 4 atom stereocenters. The number of morpholine rings is 1. The van der Waals surface area contributed by atoms with Crippen LogP contribution in [0.2, 0.25) is 0 Å². The first-order chi connectivity index (χ1) is 8.22. The van der Waals surface area contributed by atoms with Gasteiger partial charge in [-0.15, -0.1) is 0 Å². The van der Waals surface area contributed by atoms with Crippen LogP contribution in [0.15, 0.2) is 0 Å². The van der Waals surface area contributed by atoms with Crippen molar-refractivity contribution in [2.75, 3.05) is 19.6 Å². The molecule has 1 aliphatic heterocycles. The van der Waals surface area contributed by atoms with Gasteiger partial charge < -0.3 is 10.1 Å². The van der Waals surface area contributed by atoms with Gasteiger partial charge in [0.2, 0.25) is 0 Å². The van der Waals surface area contributed by atoms with E-state index in [0.29, 0.717) is 12.2 Å². The Bertz CT molecular complexity index is 257. The van der Waals surface area contributed by atoms with E-state index in [2.05, 4.69) is 24.1 Å². The first kappa shape index (κ1) is 11.9. The van der Waals surface area contributed by atoms with E-state index in [1.165, 1.54) is 32.2 Å². The van der Waals surface area contributed by atoms with Crippen LogP contribution in [0, 0.1) is 5.92 Å². The molecule has 3 nitrogen and oxygen atoms in total. The van der Waals surface area contributed by atoms with Gasteiger partial charge in [-0.3, -0.25) is 4.90 Å². The Kier molecular flexibility index (Phi) is 3.42. The summed E-state index contributed by atoms with van der Waals surface area (Å²) in [6.45, 7) is 7.93. The number of ether oxygens (including phenoxy) is 1. The maximum Gasteiger partial charge on any atom is 0.0678 e. The summed E-state index contributed by atoms with van der Waals surface area (Å²) >= 11 is 0. The number of hydrogen-bond donors (Lipinski definition) is 1. The zero-order chi connectivity index (χ0) is 11.8. The topological polar surface area (TPSA) is 24.5 Å². The lowest BCUT2D eigenvalue weighted by molar-refractivity contribution is -0.100. The van der Waals surface area contributed by atoms with Crippen molar-refractivity contribution >= 4 is 0 Å². The molecule has 1 heterocycles. The predicted octanol–water partition coefficient (Wildman–Crippen LogP) is 1.63. The van der Waals surface area contributed by atoms with Crippen molar-refractivity contribution in [1.82, 2.24) is 10.2 Å². The highest BCUT2D eigenvalue weighted by atomic mass is 16.5.